The summed E-state index contributed by atoms with van der Waals surface area (Å²) in [5.41, 5.74) is 2.38. The second kappa shape index (κ2) is 9.76. The van der Waals surface area contributed by atoms with Crippen LogP contribution in [0.5, 0.6) is 23.0 Å². The van der Waals surface area contributed by atoms with E-state index >= 15 is 0 Å². The highest BCUT2D eigenvalue weighted by Gasteiger charge is 2.46. The van der Waals surface area contributed by atoms with E-state index in [9.17, 15) is 30.6 Å². The largest absolute Gasteiger partial charge is 0.508 e. The van der Waals surface area contributed by atoms with Crippen LogP contribution in [0.4, 0.5) is 0 Å². The normalized spacial score (nSPS) is 27.9. The summed E-state index contributed by atoms with van der Waals surface area (Å²) >= 11 is 0. The van der Waals surface area contributed by atoms with Crippen LogP contribution in [0.25, 0.3) is 12.2 Å². The summed E-state index contributed by atoms with van der Waals surface area (Å²) in [7, 11) is 1.52. The van der Waals surface area contributed by atoms with Gasteiger partial charge in [-0.05, 0) is 36.3 Å². The zero-order chi connectivity index (χ0) is 25.4. The number of phenols is 2. The molecule has 1 unspecified atom stereocenters. The van der Waals surface area contributed by atoms with E-state index in [4.69, 9.17) is 18.9 Å². The number of ether oxygens (including phenoxy) is 4. The quantitative estimate of drug-likeness (QED) is 0.351. The van der Waals surface area contributed by atoms with Crippen molar-refractivity contribution in [3.63, 3.8) is 0 Å². The molecule has 0 aromatic heterocycles. The van der Waals surface area contributed by atoms with Crippen LogP contribution in [0.15, 0.2) is 36.6 Å². The van der Waals surface area contributed by atoms with Crippen molar-refractivity contribution in [1.82, 2.24) is 0 Å². The molecule has 10 heteroatoms. The number of benzene rings is 2. The first-order chi connectivity index (χ1) is 16.7. The molecule has 0 bridgehead atoms. The number of aliphatic hydroxyl groups is 4. The molecule has 188 valence electrons. The Morgan fingerprint density at radius 3 is 2.46 bits per heavy atom. The fourth-order valence-electron chi connectivity index (χ4n) is 4.18. The molecule has 0 spiro atoms. The first kappa shape index (κ1) is 24.8. The van der Waals surface area contributed by atoms with E-state index < -0.39 is 43.4 Å². The van der Waals surface area contributed by atoms with Gasteiger partial charge in [0.25, 0.3) is 0 Å². The maximum Gasteiger partial charge on any atom is 0.228 e. The number of aliphatic hydroxyl groups excluding tert-OH is 4. The summed E-state index contributed by atoms with van der Waals surface area (Å²) in [5, 5.41) is 60.5. The van der Waals surface area contributed by atoms with Gasteiger partial charge in [-0.3, -0.25) is 0 Å². The lowest BCUT2D eigenvalue weighted by Gasteiger charge is -2.41. The van der Waals surface area contributed by atoms with E-state index in [0.29, 0.717) is 11.3 Å². The maximum atomic E-state index is 10.5. The van der Waals surface area contributed by atoms with Crippen molar-refractivity contribution in [2.24, 2.45) is 0 Å². The highest BCUT2D eigenvalue weighted by Crippen LogP contribution is 2.45. The first-order valence-electron chi connectivity index (χ1n) is 10.9. The molecule has 2 aromatic rings. The summed E-state index contributed by atoms with van der Waals surface area (Å²) in [5.74, 6) is 0.330. The van der Waals surface area contributed by atoms with Gasteiger partial charge < -0.3 is 49.6 Å². The van der Waals surface area contributed by atoms with Crippen molar-refractivity contribution in [2.45, 2.75) is 43.7 Å². The van der Waals surface area contributed by atoms with E-state index in [1.165, 1.54) is 19.3 Å². The Labute approximate surface area is 201 Å². The third-order valence-electron chi connectivity index (χ3n) is 6.16. The highest BCUT2D eigenvalue weighted by atomic mass is 16.7. The third-order valence-corrected chi connectivity index (χ3v) is 6.16. The summed E-state index contributed by atoms with van der Waals surface area (Å²) in [6.45, 7) is 5.08. The van der Waals surface area contributed by atoms with E-state index in [1.807, 2.05) is 6.92 Å². The van der Waals surface area contributed by atoms with Gasteiger partial charge in [0.05, 0.1) is 19.3 Å². The highest BCUT2D eigenvalue weighted by molar-refractivity contribution is 5.70. The number of hydrogen-bond donors (Lipinski definition) is 6. The fourth-order valence-corrected chi connectivity index (χ4v) is 4.18. The molecule has 0 aliphatic carbocycles. The van der Waals surface area contributed by atoms with Crippen LogP contribution >= 0.6 is 0 Å². The summed E-state index contributed by atoms with van der Waals surface area (Å²) < 4.78 is 23.0. The molecule has 6 N–H and O–H groups in total. The Morgan fingerprint density at radius 2 is 1.80 bits per heavy atom. The number of phenolic OH excluding ortho intramolecular Hbond substituents is 2. The molecule has 35 heavy (non-hydrogen) atoms. The van der Waals surface area contributed by atoms with E-state index in [0.717, 1.165) is 17.2 Å². The molecule has 2 heterocycles. The number of methoxy groups -OCH3 is 1. The van der Waals surface area contributed by atoms with Gasteiger partial charge in [-0.2, -0.15) is 0 Å². The average Bonchev–Trinajstić information content (AvgIpc) is 2.84. The molecule has 0 saturated carbocycles. The minimum atomic E-state index is -1.65. The molecule has 0 amide bonds. The Morgan fingerprint density at radius 1 is 1.06 bits per heavy atom. The van der Waals surface area contributed by atoms with Gasteiger partial charge in [0.1, 0.15) is 53.2 Å². The number of hydrogen-bond acceptors (Lipinski definition) is 10. The predicted molar refractivity (Wildman–Crippen MR) is 124 cm³/mol. The number of fused-ring (bicyclic) bond motifs is 1. The SMILES string of the molecule is C=Cc1cc(C2Oc3cc(O)cc(O)c3C=C2O[C@H]2O[C@@H](CO)[C@@H](O)[C@@H](O)[C@@H]2O)cc(OC)c1C. The van der Waals surface area contributed by atoms with Gasteiger partial charge in [0.2, 0.25) is 6.29 Å². The Balaban J connectivity index is 1.79. The molecule has 1 saturated heterocycles. The van der Waals surface area contributed by atoms with Gasteiger partial charge in [-0.1, -0.05) is 12.7 Å². The van der Waals surface area contributed by atoms with E-state index in [2.05, 4.69) is 6.58 Å². The topological polar surface area (TPSA) is 158 Å². The minimum Gasteiger partial charge on any atom is -0.508 e. The van der Waals surface area contributed by atoms with Crippen molar-refractivity contribution in [1.29, 1.82) is 0 Å². The molecule has 2 aromatic carbocycles. The average molecular weight is 488 g/mol. The van der Waals surface area contributed by atoms with Crippen LogP contribution in [0, 0.1) is 6.92 Å². The van der Waals surface area contributed by atoms with Gasteiger partial charge in [-0.25, -0.2) is 0 Å². The zero-order valence-corrected chi connectivity index (χ0v) is 19.2. The minimum absolute atomic E-state index is 0.0868. The maximum absolute atomic E-state index is 10.5. The van der Waals surface area contributed by atoms with E-state index in [1.54, 1.807) is 18.2 Å². The molecule has 0 radical (unpaired) electrons. The molecule has 2 aliphatic heterocycles. The summed E-state index contributed by atoms with van der Waals surface area (Å²) in [6.07, 6.45) is -5.34. The molecule has 2 aliphatic rings. The van der Waals surface area contributed by atoms with Crippen LogP contribution in [0.1, 0.15) is 28.4 Å². The Kier molecular flexibility index (Phi) is 6.93. The monoisotopic (exact) mass is 488 g/mol. The van der Waals surface area contributed by atoms with Crippen molar-refractivity contribution >= 4 is 12.2 Å². The number of rotatable bonds is 6. The van der Waals surface area contributed by atoms with Gasteiger partial charge in [0.15, 0.2) is 6.10 Å². The van der Waals surface area contributed by atoms with Crippen LogP contribution in [-0.2, 0) is 9.47 Å². The molecule has 4 rings (SSSR count). The summed E-state index contributed by atoms with van der Waals surface area (Å²) in [4.78, 5) is 0. The smallest absolute Gasteiger partial charge is 0.228 e. The van der Waals surface area contributed by atoms with Crippen molar-refractivity contribution in [3.8, 4) is 23.0 Å². The van der Waals surface area contributed by atoms with Crippen LogP contribution in [0.3, 0.4) is 0 Å². The lowest BCUT2D eigenvalue weighted by atomic mass is 9.96. The van der Waals surface area contributed by atoms with Crippen LogP contribution in [0.2, 0.25) is 0 Å². The summed E-state index contributed by atoms with van der Waals surface area (Å²) in [6, 6.07) is 6.00. The van der Waals surface area contributed by atoms with E-state index in [-0.39, 0.29) is 28.6 Å². The molecular formula is C25H28O10. The van der Waals surface area contributed by atoms with Crippen LogP contribution in [-0.4, -0.2) is 75.1 Å². The second-order valence-electron chi connectivity index (χ2n) is 8.38. The van der Waals surface area contributed by atoms with Gasteiger partial charge in [0, 0.05) is 17.7 Å². The van der Waals surface area contributed by atoms with Crippen molar-refractivity contribution in [3.05, 3.63) is 58.9 Å². The molecule has 10 nitrogen and oxygen atoms in total. The Hall–Kier alpha value is -3.28. The van der Waals surface area contributed by atoms with Gasteiger partial charge >= 0.3 is 0 Å². The van der Waals surface area contributed by atoms with Crippen molar-refractivity contribution < 1.29 is 49.6 Å². The van der Waals surface area contributed by atoms with Gasteiger partial charge in [-0.15, -0.1) is 0 Å². The molecular weight excluding hydrogens is 460 g/mol. The second-order valence-corrected chi connectivity index (χ2v) is 8.38. The lowest BCUT2D eigenvalue weighted by molar-refractivity contribution is -0.293. The third kappa shape index (κ3) is 4.54. The molecule has 1 fully saturated rings. The first-order valence-corrected chi connectivity index (χ1v) is 10.9. The van der Waals surface area contributed by atoms with Crippen LogP contribution < -0.4 is 9.47 Å². The van der Waals surface area contributed by atoms with Crippen molar-refractivity contribution in [2.75, 3.05) is 13.7 Å². The molecule has 6 atom stereocenters. The zero-order valence-electron chi connectivity index (χ0n) is 19.2. The number of aromatic hydroxyl groups is 2. The standard InChI is InChI=1S/C25H28O10/c1-4-12-5-13(6-17(32-3)11(12)2)24-19(9-15-16(28)7-14(27)8-18(15)33-24)34-25-23(31)22(30)21(29)20(10-26)35-25/h4-9,20-31H,1,10H2,2-3H3/t20-,21+,22+,23-,24?,25-/m0/s1. The fraction of sp³-hybridized carbons (Fsp3) is 0.360. The Bertz CT molecular complexity index is 1140. The lowest BCUT2D eigenvalue weighted by Crippen LogP contribution is -2.59. The predicted octanol–water partition coefficient (Wildman–Crippen LogP) is 1.35.